The van der Waals surface area contributed by atoms with Gasteiger partial charge in [0.2, 0.25) is 0 Å². The van der Waals surface area contributed by atoms with Crippen LogP contribution in [0.1, 0.15) is 26.2 Å². The van der Waals surface area contributed by atoms with E-state index in [-0.39, 0.29) is 5.97 Å². The van der Waals surface area contributed by atoms with E-state index in [0.29, 0.717) is 13.0 Å². The highest BCUT2D eigenvalue weighted by molar-refractivity contribution is 5.79. The largest absolute Gasteiger partial charge is 0.467 e. The van der Waals surface area contributed by atoms with Gasteiger partial charge in [-0.1, -0.05) is 6.92 Å². The van der Waals surface area contributed by atoms with Crippen molar-refractivity contribution < 1.29 is 14.3 Å². The van der Waals surface area contributed by atoms with E-state index < -0.39 is 5.60 Å². The van der Waals surface area contributed by atoms with Crippen LogP contribution in [0, 0.1) is 0 Å². The van der Waals surface area contributed by atoms with Crippen molar-refractivity contribution in [3.8, 4) is 0 Å². The summed E-state index contributed by atoms with van der Waals surface area (Å²) in [5.74, 6) is -0.225. The van der Waals surface area contributed by atoms with Gasteiger partial charge in [-0.05, 0) is 19.3 Å². The second-order valence-corrected chi connectivity index (χ2v) is 2.79. The summed E-state index contributed by atoms with van der Waals surface area (Å²) in [5, 5.41) is 0. The highest BCUT2D eigenvalue weighted by atomic mass is 16.6. The molecule has 0 N–H and O–H groups in total. The monoisotopic (exact) mass is 158 g/mol. The predicted molar refractivity (Wildman–Crippen MR) is 40.2 cm³/mol. The molecule has 1 rings (SSSR count). The van der Waals surface area contributed by atoms with Crippen molar-refractivity contribution in [1.82, 2.24) is 0 Å². The molecule has 0 aromatic heterocycles. The summed E-state index contributed by atoms with van der Waals surface area (Å²) in [6.45, 7) is 2.63. The molecule has 0 saturated carbocycles. The summed E-state index contributed by atoms with van der Waals surface area (Å²) in [6.07, 6.45) is 2.47. The van der Waals surface area contributed by atoms with Gasteiger partial charge in [-0.3, -0.25) is 0 Å². The first-order chi connectivity index (χ1) is 5.25. The van der Waals surface area contributed by atoms with E-state index in [9.17, 15) is 4.79 Å². The van der Waals surface area contributed by atoms with Gasteiger partial charge in [0.05, 0.1) is 7.11 Å². The van der Waals surface area contributed by atoms with E-state index >= 15 is 0 Å². The van der Waals surface area contributed by atoms with E-state index in [1.165, 1.54) is 7.11 Å². The van der Waals surface area contributed by atoms with Gasteiger partial charge in [0.1, 0.15) is 0 Å². The third-order valence-corrected chi connectivity index (χ3v) is 2.23. The molecule has 0 spiro atoms. The van der Waals surface area contributed by atoms with E-state index in [1.54, 1.807) is 0 Å². The minimum atomic E-state index is -0.616. The van der Waals surface area contributed by atoms with Crippen LogP contribution in [-0.4, -0.2) is 25.3 Å². The van der Waals surface area contributed by atoms with Crippen LogP contribution in [0.5, 0.6) is 0 Å². The Morgan fingerprint density at radius 2 is 2.45 bits per heavy atom. The summed E-state index contributed by atoms with van der Waals surface area (Å²) in [4.78, 5) is 11.2. The first kappa shape index (κ1) is 8.53. The van der Waals surface area contributed by atoms with Crippen molar-refractivity contribution in [2.24, 2.45) is 0 Å². The summed E-state index contributed by atoms with van der Waals surface area (Å²) in [7, 11) is 1.40. The van der Waals surface area contributed by atoms with Gasteiger partial charge < -0.3 is 9.47 Å². The summed E-state index contributed by atoms with van der Waals surface area (Å²) < 4.78 is 10.0. The van der Waals surface area contributed by atoms with Gasteiger partial charge in [-0.25, -0.2) is 4.79 Å². The van der Waals surface area contributed by atoms with E-state index in [0.717, 1.165) is 12.8 Å². The Labute approximate surface area is 66.7 Å². The molecule has 1 aliphatic heterocycles. The molecule has 3 heteroatoms. The van der Waals surface area contributed by atoms with Gasteiger partial charge in [0, 0.05) is 6.61 Å². The molecular formula is C8H14O3. The van der Waals surface area contributed by atoms with Crippen LogP contribution in [0.3, 0.4) is 0 Å². The molecule has 11 heavy (non-hydrogen) atoms. The second-order valence-electron chi connectivity index (χ2n) is 2.79. The molecule has 64 valence electrons. The van der Waals surface area contributed by atoms with Crippen LogP contribution in [0.15, 0.2) is 0 Å². The molecule has 1 aliphatic rings. The average molecular weight is 158 g/mol. The molecule has 0 radical (unpaired) electrons. The van der Waals surface area contributed by atoms with Crippen LogP contribution in [-0.2, 0) is 14.3 Å². The lowest BCUT2D eigenvalue weighted by Crippen LogP contribution is -2.38. The number of esters is 1. The van der Waals surface area contributed by atoms with Crippen molar-refractivity contribution in [2.45, 2.75) is 31.8 Å². The maximum Gasteiger partial charge on any atom is 0.338 e. The number of hydrogen-bond donors (Lipinski definition) is 0. The normalized spacial score (nSPS) is 30.4. The van der Waals surface area contributed by atoms with Gasteiger partial charge in [0.25, 0.3) is 0 Å². The summed E-state index contributed by atoms with van der Waals surface area (Å²) in [6, 6.07) is 0. The highest BCUT2D eigenvalue weighted by Crippen LogP contribution is 2.29. The standard InChI is InChI=1S/C8H14O3/c1-3-8(7(9)10-2)5-4-6-11-8/h3-6H2,1-2H3/t8-/m1/s1. The number of carbonyl (C=O) groups excluding carboxylic acids is 1. The Morgan fingerprint density at radius 1 is 1.73 bits per heavy atom. The SMILES string of the molecule is CC[C@]1(C(=O)OC)CCCO1. The van der Waals surface area contributed by atoms with E-state index in [4.69, 9.17) is 4.74 Å². The number of methoxy groups -OCH3 is 1. The van der Waals surface area contributed by atoms with Gasteiger partial charge in [-0.2, -0.15) is 0 Å². The Balaban J connectivity index is 2.66. The first-order valence-corrected chi connectivity index (χ1v) is 3.97. The maximum absolute atomic E-state index is 11.2. The average Bonchev–Trinajstić information content (AvgIpc) is 2.52. The Kier molecular flexibility index (Phi) is 2.49. The molecule has 0 aromatic carbocycles. The van der Waals surface area contributed by atoms with Crippen molar-refractivity contribution in [2.75, 3.05) is 13.7 Å². The zero-order valence-electron chi connectivity index (χ0n) is 7.05. The third-order valence-electron chi connectivity index (χ3n) is 2.23. The molecule has 1 atom stereocenters. The number of ether oxygens (including phenoxy) is 2. The van der Waals surface area contributed by atoms with Crippen LogP contribution < -0.4 is 0 Å². The lowest BCUT2D eigenvalue weighted by atomic mass is 9.97. The second kappa shape index (κ2) is 3.22. The smallest absolute Gasteiger partial charge is 0.338 e. The molecule has 3 nitrogen and oxygen atoms in total. The van der Waals surface area contributed by atoms with Gasteiger partial charge in [-0.15, -0.1) is 0 Å². The fourth-order valence-corrected chi connectivity index (χ4v) is 1.47. The fourth-order valence-electron chi connectivity index (χ4n) is 1.47. The number of rotatable bonds is 2. The highest BCUT2D eigenvalue weighted by Gasteiger charge is 2.41. The van der Waals surface area contributed by atoms with Crippen LogP contribution >= 0.6 is 0 Å². The molecule has 0 aromatic rings. The van der Waals surface area contributed by atoms with Crippen molar-refractivity contribution >= 4 is 5.97 Å². The molecule has 1 saturated heterocycles. The molecule has 0 unspecified atom stereocenters. The first-order valence-electron chi connectivity index (χ1n) is 3.97. The van der Waals surface area contributed by atoms with E-state index in [2.05, 4.69) is 4.74 Å². The Bertz CT molecular complexity index is 147. The zero-order valence-corrected chi connectivity index (χ0v) is 7.05. The summed E-state index contributed by atoms with van der Waals surface area (Å²) in [5.41, 5.74) is -0.616. The fraction of sp³-hybridized carbons (Fsp3) is 0.875. The summed E-state index contributed by atoms with van der Waals surface area (Å²) >= 11 is 0. The van der Waals surface area contributed by atoms with Crippen LogP contribution in [0.4, 0.5) is 0 Å². The minimum absolute atomic E-state index is 0.225. The van der Waals surface area contributed by atoms with Crippen molar-refractivity contribution in [1.29, 1.82) is 0 Å². The lowest BCUT2D eigenvalue weighted by Gasteiger charge is -2.22. The molecule has 1 heterocycles. The lowest BCUT2D eigenvalue weighted by molar-refractivity contribution is -0.164. The molecule has 0 aliphatic carbocycles. The Morgan fingerprint density at radius 3 is 2.82 bits per heavy atom. The minimum Gasteiger partial charge on any atom is -0.467 e. The quantitative estimate of drug-likeness (QED) is 0.565. The maximum atomic E-state index is 11.2. The molecule has 0 amide bonds. The predicted octanol–water partition coefficient (Wildman–Crippen LogP) is 1.12. The van der Waals surface area contributed by atoms with Gasteiger partial charge >= 0.3 is 5.97 Å². The van der Waals surface area contributed by atoms with E-state index in [1.807, 2.05) is 6.92 Å². The van der Waals surface area contributed by atoms with Crippen molar-refractivity contribution in [3.05, 3.63) is 0 Å². The third kappa shape index (κ3) is 1.38. The Hall–Kier alpha value is -0.570. The number of carbonyl (C=O) groups is 1. The van der Waals surface area contributed by atoms with Crippen molar-refractivity contribution in [3.63, 3.8) is 0 Å². The van der Waals surface area contributed by atoms with Crippen LogP contribution in [0.2, 0.25) is 0 Å². The molecular weight excluding hydrogens is 144 g/mol. The van der Waals surface area contributed by atoms with Gasteiger partial charge in [0.15, 0.2) is 5.60 Å². The topological polar surface area (TPSA) is 35.5 Å². The zero-order chi connectivity index (χ0) is 8.32. The number of hydrogen-bond acceptors (Lipinski definition) is 3. The molecule has 1 fully saturated rings. The molecule has 0 bridgehead atoms. The van der Waals surface area contributed by atoms with Crippen LogP contribution in [0.25, 0.3) is 0 Å².